The molecule has 0 amide bonds. The van der Waals surface area contributed by atoms with Crippen LogP contribution in [0.5, 0.6) is 0 Å². The number of rotatable bonds is 3. The number of hydrogen-bond donors (Lipinski definition) is 1. The van der Waals surface area contributed by atoms with Crippen molar-refractivity contribution in [3.63, 3.8) is 0 Å². The Morgan fingerprint density at radius 1 is 0.947 bits per heavy atom. The Balaban J connectivity index is 2.17. The fraction of sp³-hybridized carbons (Fsp3) is 0.0769. The molecular weight excluding hydrogens is 298 g/mol. The summed E-state index contributed by atoms with van der Waals surface area (Å²) in [5.74, 6) is -1.78. The fourth-order valence-corrected chi connectivity index (χ4v) is 2.02. The maximum absolute atomic E-state index is 13.4. The summed E-state index contributed by atoms with van der Waals surface area (Å²) in [6.07, 6.45) is 0. The minimum Gasteiger partial charge on any atom is -0.381 e. The Morgan fingerprint density at radius 3 is 2.21 bits per heavy atom. The van der Waals surface area contributed by atoms with Crippen molar-refractivity contribution in [3.8, 4) is 0 Å². The van der Waals surface area contributed by atoms with Gasteiger partial charge in [0.25, 0.3) is 0 Å². The molecule has 0 saturated heterocycles. The standard InChI is InChI=1S/C13H8Cl2F3N/c14-10-4-9(5-11(15)13(10)18)19-6-7-3-8(16)1-2-12(7)17/h1-5,19H,6H2. The highest BCUT2D eigenvalue weighted by Crippen LogP contribution is 2.27. The lowest BCUT2D eigenvalue weighted by Crippen LogP contribution is -2.02. The SMILES string of the molecule is Fc1ccc(F)c(CNc2cc(Cl)c(F)c(Cl)c2)c1. The lowest BCUT2D eigenvalue weighted by molar-refractivity contribution is 0.587. The van der Waals surface area contributed by atoms with Crippen LogP contribution >= 0.6 is 23.2 Å². The highest BCUT2D eigenvalue weighted by atomic mass is 35.5. The Bertz CT molecular complexity index is 594. The number of nitrogens with one attached hydrogen (secondary N) is 1. The quantitative estimate of drug-likeness (QED) is 0.785. The molecule has 0 aliphatic rings. The number of anilines is 1. The van der Waals surface area contributed by atoms with Crippen LogP contribution in [0.3, 0.4) is 0 Å². The summed E-state index contributed by atoms with van der Waals surface area (Å²) in [5.41, 5.74) is 0.566. The molecule has 19 heavy (non-hydrogen) atoms. The summed E-state index contributed by atoms with van der Waals surface area (Å²) in [7, 11) is 0. The van der Waals surface area contributed by atoms with Crippen LogP contribution in [0.4, 0.5) is 18.9 Å². The monoisotopic (exact) mass is 305 g/mol. The van der Waals surface area contributed by atoms with Crippen molar-refractivity contribution < 1.29 is 13.2 Å². The van der Waals surface area contributed by atoms with Crippen molar-refractivity contribution in [2.45, 2.75) is 6.54 Å². The summed E-state index contributed by atoms with van der Waals surface area (Å²) in [6.45, 7) is 0.0296. The first-order valence-corrected chi connectivity index (χ1v) is 6.05. The van der Waals surface area contributed by atoms with Crippen LogP contribution in [0.25, 0.3) is 0 Å². The fourth-order valence-electron chi connectivity index (χ4n) is 1.53. The molecule has 0 saturated carbocycles. The highest BCUT2D eigenvalue weighted by Gasteiger charge is 2.08. The minimum absolute atomic E-state index is 0.0296. The van der Waals surface area contributed by atoms with E-state index in [1.807, 2.05) is 0 Å². The van der Waals surface area contributed by atoms with Gasteiger partial charge in [0.15, 0.2) is 5.82 Å². The summed E-state index contributed by atoms with van der Waals surface area (Å²) >= 11 is 11.2. The first-order valence-electron chi connectivity index (χ1n) is 5.29. The zero-order valence-corrected chi connectivity index (χ0v) is 11.0. The molecule has 1 nitrogen and oxygen atoms in total. The smallest absolute Gasteiger partial charge is 0.160 e. The molecule has 1 N–H and O–H groups in total. The van der Waals surface area contributed by atoms with E-state index >= 15 is 0 Å². The Hall–Kier alpha value is -1.39. The van der Waals surface area contributed by atoms with Crippen LogP contribution in [0.1, 0.15) is 5.56 Å². The van der Waals surface area contributed by atoms with Gasteiger partial charge in [0, 0.05) is 17.8 Å². The summed E-state index contributed by atoms with van der Waals surface area (Å²) in [5, 5.41) is 2.51. The molecule has 0 aliphatic carbocycles. The lowest BCUT2D eigenvalue weighted by atomic mass is 10.2. The van der Waals surface area contributed by atoms with E-state index in [1.54, 1.807) is 0 Å². The van der Waals surface area contributed by atoms with Gasteiger partial charge < -0.3 is 5.32 Å². The third-order valence-corrected chi connectivity index (χ3v) is 3.02. The highest BCUT2D eigenvalue weighted by molar-refractivity contribution is 6.35. The van der Waals surface area contributed by atoms with Crippen LogP contribution in [0.15, 0.2) is 30.3 Å². The van der Waals surface area contributed by atoms with Crippen LogP contribution in [-0.2, 0) is 6.54 Å². The van der Waals surface area contributed by atoms with Gasteiger partial charge in [-0.25, -0.2) is 13.2 Å². The van der Waals surface area contributed by atoms with Crippen LogP contribution in [-0.4, -0.2) is 0 Å². The van der Waals surface area contributed by atoms with Gasteiger partial charge in [-0.1, -0.05) is 23.2 Å². The third kappa shape index (κ3) is 3.33. The van der Waals surface area contributed by atoms with Crippen LogP contribution in [0, 0.1) is 17.5 Å². The molecule has 0 spiro atoms. The van der Waals surface area contributed by atoms with E-state index < -0.39 is 17.5 Å². The van der Waals surface area contributed by atoms with E-state index in [0.717, 1.165) is 18.2 Å². The van der Waals surface area contributed by atoms with Crippen molar-refractivity contribution in [1.82, 2.24) is 0 Å². The van der Waals surface area contributed by atoms with Crippen molar-refractivity contribution in [2.75, 3.05) is 5.32 Å². The molecule has 0 bridgehead atoms. The second-order valence-corrected chi connectivity index (χ2v) is 4.66. The number of hydrogen-bond acceptors (Lipinski definition) is 1. The van der Waals surface area contributed by atoms with Crippen molar-refractivity contribution in [1.29, 1.82) is 0 Å². The predicted molar refractivity (Wildman–Crippen MR) is 70.1 cm³/mol. The average molecular weight is 306 g/mol. The van der Waals surface area contributed by atoms with Gasteiger partial charge in [0.2, 0.25) is 0 Å². The molecule has 0 radical (unpaired) electrons. The zero-order valence-electron chi connectivity index (χ0n) is 9.48. The second kappa shape index (κ2) is 5.72. The van der Waals surface area contributed by atoms with Gasteiger partial charge in [-0.2, -0.15) is 0 Å². The van der Waals surface area contributed by atoms with Crippen molar-refractivity contribution in [2.24, 2.45) is 0 Å². The minimum atomic E-state index is -0.717. The Morgan fingerprint density at radius 2 is 1.58 bits per heavy atom. The molecule has 0 heterocycles. The van der Waals surface area contributed by atoms with Gasteiger partial charge in [0.1, 0.15) is 11.6 Å². The van der Waals surface area contributed by atoms with E-state index in [0.29, 0.717) is 5.69 Å². The molecule has 2 aromatic rings. The molecule has 6 heteroatoms. The van der Waals surface area contributed by atoms with Gasteiger partial charge in [-0.3, -0.25) is 0 Å². The molecule has 0 atom stereocenters. The van der Waals surface area contributed by atoms with E-state index in [9.17, 15) is 13.2 Å². The van der Waals surface area contributed by atoms with Crippen LogP contribution in [0.2, 0.25) is 10.0 Å². The summed E-state index contributed by atoms with van der Waals surface area (Å²) < 4.78 is 39.5. The average Bonchev–Trinajstić information content (AvgIpc) is 2.37. The molecule has 0 aliphatic heterocycles. The molecule has 100 valence electrons. The summed E-state index contributed by atoms with van der Waals surface area (Å²) in [6, 6.07) is 5.79. The zero-order chi connectivity index (χ0) is 14.0. The van der Waals surface area contributed by atoms with E-state index in [4.69, 9.17) is 23.2 Å². The largest absolute Gasteiger partial charge is 0.381 e. The number of halogens is 5. The maximum Gasteiger partial charge on any atom is 0.160 e. The van der Waals surface area contributed by atoms with E-state index in [2.05, 4.69) is 5.32 Å². The van der Waals surface area contributed by atoms with Gasteiger partial charge in [0.05, 0.1) is 10.0 Å². The first-order chi connectivity index (χ1) is 8.97. The van der Waals surface area contributed by atoms with E-state index in [1.165, 1.54) is 12.1 Å². The first kappa shape index (κ1) is 14.0. The second-order valence-electron chi connectivity index (χ2n) is 3.84. The molecule has 0 fully saturated rings. The maximum atomic E-state index is 13.4. The predicted octanol–water partition coefficient (Wildman–Crippen LogP) is 5.02. The molecular formula is C13H8Cl2F3N. The molecule has 2 rings (SSSR count). The van der Waals surface area contributed by atoms with Gasteiger partial charge in [-0.05, 0) is 30.3 Å². The van der Waals surface area contributed by atoms with Gasteiger partial charge >= 0.3 is 0 Å². The molecule has 2 aromatic carbocycles. The Labute approximate surface area is 118 Å². The Kier molecular flexibility index (Phi) is 4.22. The van der Waals surface area contributed by atoms with Crippen molar-refractivity contribution >= 4 is 28.9 Å². The number of benzene rings is 2. The lowest BCUT2D eigenvalue weighted by Gasteiger charge is -2.09. The van der Waals surface area contributed by atoms with Crippen molar-refractivity contribution in [3.05, 3.63) is 63.4 Å². The summed E-state index contributed by atoms with van der Waals surface area (Å²) in [4.78, 5) is 0. The normalized spacial score (nSPS) is 10.6. The molecule has 0 aromatic heterocycles. The topological polar surface area (TPSA) is 12.0 Å². The van der Waals surface area contributed by atoms with Gasteiger partial charge in [-0.15, -0.1) is 0 Å². The molecule has 0 unspecified atom stereocenters. The van der Waals surface area contributed by atoms with Crippen LogP contribution < -0.4 is 5.32 Å². The third-order valence-electron chi connectivity index (χ3n) is 2.47. The van der Waals surface area contributed by atoms with E-state index in [-0.39, 0.29) is 22.2 Å².